The quantitative estimate of drug-likeness (QED) is 0.295. The van der Waals surface area contributed by atoms with E-state index in [0.29, 0.717) is 31.8 Å². The van der Waals surface area contributed by atoms with Gasteiger partial charge in [-0.25, -0.2) is 0 Å². The van der Waals surface area contributed by atoms with Crippen LogP contribution in [0.2, 0.25) is 0 Å². The van der Waals surface area contributed by atoms with Crippen LogP contribution >= 0.6 is 0 Å². The first-order chi connectivity index (χ1) is 17.1. The van der Waals surface area contributed by atoms with Gasteiger partial charge in [0.15, 0.2) is 5.78 Å². The van der Waals surface area contributed by atoms with E-state index < -0.39 is 0 Å². The molecule has 0 saturated carbocycles. The lowest BCUT2D eigenvalue weighted by Crippen LogP contribution is -2.29. The predicted molar refractivity (Wildman–Crippen MR) is 146 cm³/mol. The van der Waals surface area contributed by atoms with E-state index >= 15 is 0 Å². The first-order valence-electron chi connectivity index (χ1n) is 11.9. The lowest BCUT2D eigenvalue weighted by Gasteiger charge is -2.21. The number of hydrogen-bond donors (Lipinski definition) is 1. The molecular formula is C32H34N2O. The highest BCUT2D eigenvalue weighted by Gasteiger charge is 2.11. The van der Waals surface area contributed by atoms with Crippen LogP contribution in [-0.2, 0) is 24.3 Å². The van der Waals surface area contributed by atoms with E-state index in [1.807, 2.05) is 84.9 Å². The van der Waals surface area contributed by atoms with Crippen molar-refractivity contribution in [3.63, 3.8) is 0 Å². The number of aryl methyl sites for hydroxylation is 1. The van der Waals surface area contributed by atoms with Crippen molar-refractivity contribution < 1.29 is 4.79 Å². The van der Waals surface area contributed by atoms with Crippen molar-refractivity contribution in [2.45, 2.75) is 26.4 Å². The van der Waals surface area contributed by atoms with E-state index in [-0.39, 0.29) is 5.78 Å². The Bertz CT molecular complexity index is 1120. The number of carbonyl (C=O) groups is 1. The topological polar surface area (TPSA) is 46.3 Å². The molecule has 0 spiro atoms. The van der Waals surface area contributed by atoms with Gasteiger partial charge in [0.1, 0.15) is 0 Å². The summed E-state index contributed by atoms with van der Waals surface area (Å²) >= 11 is 0. The maximum absolute atomic E-state index is 12.6. The number of nitrogens with zero attached hydrogens (tertiary/aromatic N) is 1. The molecule has 3 heteroatoms. The molecule has 0 heterocycles. The van der Waals surface area contributed by atoms with Crippen molar-refractivity contribution in [3.8, 4) is 0 Å². The van der Waals surface area contributed by atoms with Gasteiger partial charge >= 0.3 is 0 Å². The van der Waals surface area contributed by atoms with Crippen molar-refractivity contribution >= 4 is 5.78 Å². The standard InChI is InChI=1S/C25H26N2O.C7H8/c26-24(16-21-10-4-1-5-11-21)17-25(28)20-27(18-22-12-6-2-7-13-22)19-23-14-8-3-9-15-23;1-7-5-3-2-4-6-7/h1-15,17H,16,18-20,26H2;2-6H,1H3/b24-17+;. The lowest BCUT2D eigenvalue weighted by molar-refractivity contribution is -0.116. The fraction of sp³-hybridized carbons (Fsp3) is 0.156. The molecule has 0 aliphatic rings. The number of carbonyl (C=O) groups excluding carboxylic acids is 1. The van der Waals surface area contributed by atoms with Crippen molar-refractivity contribution in [2.75, 3.05) is 6.54 Å². The van der Waals surface area contributed by atoms with Crippen LogP contribution in [0.3, 0.4) is 0 Å². The van der Waals surface area contributed by atoms with E-state index in [2.05, 4.69) is 48.2 Å². The SMILES string of the molecule is Cc1ccccc1.N/C(=C/C(=O)CN(Cc1ccccc1)Cc1ccccc1)Cc1ccccc1. The number of rotatable bonds is 9. The van der Waals surface area contributed by atoms with Crippen LogP contribution in [-0.4, -0.2) is 17.2 Å². The van der Waals surface area contributed by atoms with Crippen molar-refractivity contribution in [1.29, 1.82) is 0 Å². The van der Waals surface area contributed by atoms with Gasteiger partial charge in [-0.05, 0) is 23.6 Å². The molecular weight excluding hydrogens is 428 g/mol. The fourth-order valence-corrected chi connectivity index (χ4v) is 3.74. The zero-order valence-corrected chi connectivity index (χ0v) is 20.4. The summed E-state index contributed by atoms with van der Waals surface area (Å²) in [7, 11) is 0. The number of allylic oxidation sites excluding steroid dienone is 1. The summed E-state index contributed by atoms with van der Waals surface area (Å²) in [6, 6.07) is 40.7. The fourth-order valence-electron chi connectivity index (χ4n) is 3.74. The molecule has 0 fully saturated rings. The Kier molecular flexibility index (Phi) is 10.5. The van der Waals surface area contributed by atoms with Gasteiger partial charge in [0.2, 0.25) is 0 Å². The smallest absolute Gasteiger partial charge is 0.171 e. The minimum atomic E-state index is 0.0280. The van der Waals surface area contributed by atoms with Crippen LogP contribution in [0.25, 0.3) is 0 Å². The van der Waals surface area contributed by atoms with E-state index in [1.54, 1.807) is 6.08 Å². The zero-order chi connectivity index (χ0) is 24.7. The second-order valence-electron chi connectivity index (χ2n) is 8.62. The Hall–Kier alpha value is -3.95. The highest BCUT2D eigenvalue weighted by molar-refractivity contribution is 5.92. The molecule has 2 N–H and O–H groups in total. The Morgan fingerprint density at radius 3 is 1.46 bits per heavy atom. The molecule has 0 aromatic heterocycles. The summed E-state index contributed by atoms with van der Waals surface area (Å²) in [4.78, 5) is 14.8. The number of nitrogens with two attached hydrogens (primary N) is 1. The van der Waals surface area contributed by atoms with Crippen LogP contribution in [0, 0.1) is 6.92 Å². The molecule has 0 saturated heterocycles. The Morgan fingerprint density at radius 1 is 0.657 bits per heavy atom. The molecule has 0 atom stereocenters. The van der Waals surface area contributed by atoms with Crippen LogP contribution in [0.15, 0.2) is 133 Å². The van der Waals surface area contributed by atoms with E-state index in [4.69, 9.17) is 5.73 Å². The highest BCUT2D eigenvalue weighted by atomic mass is 16.1. The van der Waals surface area contributed by atoms with Gasteiger partial charge in [-0.2, -0.15) is 0 Å². The van der Waals surface area contributed by atoms with Gasteiger partial charge < -0.3 is 5.73 Å². The molecule has 4 aromatic rings. The Balaban J connectivity index is 0.000000420. The third-order valence-corrected chi connectivity index (χ3v) is 5.42. The maximum atomic E-state index is 12.6. The maximum Gasteiger partial charge on any atom is 0.171 e. The summed E-state index contributed by atoms with van der Waals surface area (Å²) < 4.78 is 0. The van der Waals surface area contributed by atoms with Crippen LogP contribution in [0.5, 0.6) is 0 Å². The minimum absolute atomic E-state index is 0.0280. The summed E-state index contributed by atoms with van der Waals surface area (Å²) in [5.41, 5.74) is 11.5. The second-order valence-corrected chi connectivity index (χ2v) is 8.62. The van der Waals surface area contributed by atoms with E-state index in [9.17, 15) is 4.79 Å². The summed E-state index contributed by atoms with van der Waals surface area (Å²) in [6.07, 6.45) is 2.17. The van der Waals surface area contributed by atoms with Gasteiger partial charge in [-0.15, -0.1) is 0 Å². The highest BCUT2D eigenvalue weighted by Crippen LogP contribution is 2.11. The molecule has 0 bridgehead atoms. The molecule has 35 heavy (non-hydrogen) atoms. The first kappa shape index (κ1) is 25.7. The van der Waals surface area contributed by atoms with E-state index in [0.717, 1.165) is 5.56 Å². The Morgan fingerprint density at radius 2 is 1.06 bits per heavy atom. The van der Waals surface area contributed by atoms with Gasteiger partial charge in [-0.3, -0.25) is 9.69 Å². The van der Waals surface area contributed by atoms with Gasteiger partial charge in [0, 0.05) is 31.3 Å². The molecule has 0 amide bonds. The lowest BCUT2D eigenvalue weighted by atomic mass is 10.1. The minimum Gasteiger partial charge on any atom is -0.402 e. The third kappa shape index (κ3) is 10.2. The molecule has 0 aliphatic carbocycles. The van der Waals surface area contributed by atoms with Crippen LogP contribution < -0.4 is 5.73 Å². The van der Waals surface area contributed by atoms with Gasteiger partial charge in [-0.1, -0.05) is 127 Å². The average Bonchev–Trinajstić information content (AvgIpc) is 2.86. The molecule has 0 unspecified atom stereocenters. The van der Waals surface area contributed by atoms with Crippen LogP contribution in [0.4, 0.5) is 0 Å². The van der Waals surface area contributed by atoms with Crippen molar-refractivity contribution in [3.05, 3.63) is 155 Å². The second kappa shape index (κ2) is 14.3. The number of benzene rings is 4. The number of hydrogen-bond acceptors (Lipinski definition) is 3. The molecule has 4 aromatic carbocycles. The van der Waals surface area contributed by atoms with Gasteiger partial charge in [0.25, 0.3) is 0 Å². The normalized spacial score (nSPS) is 11.0. The first-order valence-corrected chi connectivity index (χ1v) is 11.9. The Labute approximate surface area is 209 Å². The monoisotopic (exact) mass is 462 g/mol. The average molecular weight is 463 g/mol. The molecule has 178 valence electrons. The van der Waals surface area contributed by atoms with E-state index in [1.165, 1.54) is 16.7 Å². The molecule has 0 aliphatic heterocycles. The van der Waals surface area contributed by atoms with Crippen molar-refractivity contribution in [2.24, 2.45) is 5.73 Å². The van der Waals surface area contributed by atoms with Crippen LogP contribution in [0.1, 0.15) is 22.3 Å². The number of ketones is 1. The summed E-state index contributed by atoms with van der Waals surface area (Å²) in [6.45, 7) is 3.85. The predicted octanol–water partition coefficient (Wildman–Crippen LogP) is 6.34. The van der Waals surface area contributed by atoms with Gasteiger partial charge in [0.05, 0.1) is 6.54 Å². The zero-order valence-electron chi connectivity index (χ0n) is 20.4. The van der Waals surface area contributed by atoms with Crippen molar-refractivity contribution in [1.82, 2.24) is 4.90 Å². The molecule has 4 rings (SSSR count). The molecule has 0 radical (unpaired) electrons. The largest absolute Gasteiger partial charge is 0.402 e. The molecule has 3 nitrogen and oxygen atoms in total. The summed E-state index contributed by atoms with van der Waals surface area (Å²) in [5, 5.41) is 0. The third-order valence-electron chi connectivity index (χ3n) is 5.42. The summed E-state index contributed by atoms with van der Waals surface area (Å²) in [5.74, 6) is 0.0280.